The van der Waals surface area contributed by atoms with Gasteiger partial charge in [0.05, 0.1) is 5.69 Å². The van der Waals surface area contributed by atoms with Gasteiger partial charge < -0.3 is 0 Å². The number of unbranched alkanes of at least 4 members (excludes halogenated alkanes) is 1. The SMILES string of the molecule is CCCCn1nc2c(c1Cl)CCCC2. The van der Waals surface area contributed by atoms with Gasteiger partial charge in [-0.05, 0) is 32.1 Å². The van der Waals surface area contributed by atoms with E-state index in [-0.39, 0.29) is 0 Å². The Balaban J connectivity index is 2.20. The molecule has 1 aliphatic carbocycles. The van der Waals surface area contributed by atoms with Gasteiger partial charge in [-0.1, -0.05) is 24.9 Å². The first kappa shape index (κ1) is 10.0. The molecule has 0 aromatic carbocycles. The van der Waals surface area contributed by atoms with Crippen LogP contribution < -0.4 is 0 Å². The minimum atomic E-state index is 0.896. The summed E-state index contributed by atoms with van der Waals surface area (Å²) in [7, 11) is 0. The second-order valence-electron chi connectivity index (χ2n) is 4.00. The molecule has 1 aliphatic rings. The first-order chi connectivity index (χ1) is 6.83. The Hall–Kier alpha value is -0.500. The van der Waals surface area contributed by atoms with Crippen molar-refractivity contribution in [1.29, 1.82) is 0 Å². The molecule has 1 aromatic heterocycles. The lowest BCUT2D eigenvalue weighted by Gasteiger charge is -2.07. The van der Waals surface area contributed by atoms with E-state index in [9.17, 15) is 0 Å². The van der Waals surface area contributed by atoms with Crippen molar-refractivity contribution in [2.75, 3.05) is 0 Å². The number of aryl methyl sites for hydroxylation is 2. The van der Waals surface area contributed by atoms with Gasteiger partial charge in [0, 0.05) is 12.1 Å². The third kappa shape index (κ3) is 1.81. The Morgan fingerprint density at radius 2 is 2.14 bits per heavy atom. The van der Waals surface area contributed by atoms with E-state index in [0.29, 0.717) is 0 Å². The standard InChI is InChI=1S/C11H17ClN2/c1-2-3-8-14-11(12)9-6-4-5-7-10(9)13-14/h2-8H2,1H3. The number of nitrogens with zero attached hydrogens (tertiary/aromatic N) is 2. The molecule has 78 valence electrons. The van der Waals surface area contributed by atoms with Crippen molar-refractivity contribution in [1.82, 2.24) is 9.78 Å². The van der Waals surface area contributed by atoms with E-state index < -0.39 is 0 Å². The van der Waals surface area contributed by atoms with Crippen LogP contribution in [0.4, 0.5) is 0 Å². The summed E-state index contributed by atoms with van der Waals surface area (Å²) in [6.45, 7) is 3.17. The first-order valence-electron chi connectivity index (χ1n) is 5.57. The fraction of sp³-hybridized carbons (Fsp3) is 0.727. The Kier molecular flexibility index (Phi) is 3.12. The van der Waals surface area contributed by atoms with Crippen LogP contribution >= 0.6 is 11.6 Å². The molecule has 0 unspecified atom stereocenters. The Labute approximate surface area is 90.3 Å². The van der Waals surface area contributed by atoms with Crippen LogP contribution in [-0.2, 0) is 19.4 Å². The largest absolute Gasteiger partial charge is 0.253 e. The molecule has 2 rings (SSSR count). The van der Waals surface area contributed by atoms with Crippen LogP contribution in [0.15, 0.2) is 0 Å². The number of halogens is 1. The smallest absolute Gasteiger partial charge is 0.130 e. The summed E-state index contributed by atoms with van der Waals surface area (Å²) >= 11 is 6.28. The zero-order chi connectivity index (χ0) is 9.97. The first-order valence-corrected chi connectivity index (χ1v) is 5.94. The molecule has 0 saturated carbocycles. The molecule has 0 amide bonds. The number of rotatable bonds is 3. The van der Waals surface area contributed by atoms with E-state index >= 15 is 0 Å². The predicted molar refractivity (Wildman–Crippen MR) is 58.8 cm³/mol. The molecule has 0 aliphatic heterocycles. The van der Waals surface area contributed by atoms with Crippen LogP contribution in [-0.4, -0.2) is 9.78 Å². The quantitative estimate of drug-likeness (QED) is 0.753. The summed E-state index contributed by atoms with van der Waals surface area (Å²) in [6.07, 6.45) is 7.15. The maximum Gasteiger partial charge on any atom is 0.130 e. The topological polar surface area (TPSA) is 17.8 Å². The van der Waals surface area contributed by atoms with Gasteiger partial charge >= 0.3 is 0 Å². The molecule has 1 heterocycles. The van der Waals surface area contributed by atoms with Gasteiger partial charge in [-0.15, -0.1) is 0 Å². The molecule has 0 spiro atoms. The summed E-state index contributed by atoms with van der Waals surface area (Å²) in [4.78, 5) is 0. The molecule has 3 heteroatoms. The van der Waals surface area contributed by atoms with Gasteiger partial charge in [0.1, 0.15) is 5.15 Å². The van der Waals surface area contributed by atoms with E-state index in [1.54, 1.807) is 0 Å². The third-order valence-corrected chi connectivity index (χ3v) is 3.30. The summed E-state index contributed by atoms with van der Waals surface area (Å²) in [5.41, 5.74) is 2.56. The lowest BCUT2D eigenvalue weighted by atomic mass is 9.99. The normalized spacial score (nSPS) is 15.6. The van der Waals surface area contributed by atoms with Crippen molar-refractivity contribution in [3.63, 3.8) is 0 Å². The summed E-state index contributed by atoms with van der Waals surface area (Å²) in [6, 6.07) is 0. The van der Waals surface area contributed by atoms with Gasteiger partial charge in [0.2, 0.25) is 0 Å². The molecular formula is C11H17ClN2. The maximum absolute atomic E-state index is 6.28. The van der Waals surface area contributed by atoms with Gasteiger partial charge in [0.25, 0.3) is 0 Å². The monoisotopic (exact) mass is 212 g/mol. The summed E-state index contributed by atoms with van der Waals surface area (Å²) in [5, 5.41) is 5.47. The minimum Gasteiger partial charge on any atom is -0.253 e. The van der Waals surface area contributed by atoms with E-state index in [1.807, 2.05) is 4.68 Å². The molecule has 0 saturated heterocycles. The highest BCUT2D eigenvalue weighted by atomic mass is 35.5. The minimum absolute atomic E-state index is 0.896. The Morgan fingerprint density at radius 3 is 2.86 bits per heavy atom. The van der Waals surface area contributed by atoms with Gasteiger partial charge in [0.15, 0.2) is 0 Å². The molecule has 0 atom stereocenters. The fourth-order valence-corrected chi connectivity index (χ4v) is 2.35. The fourth-order valence-electron chi connectivity index (χ4n) is 2.02. The molecule has 0 radical (unpaired) electrons. The highest BCUT2D eigenvalue weighted by Gasteiger charge is 2.18. The molecule has 2 nitrogen and oxygen atoms in total. The van der Waals surface area contributed by atoms with Crippen LogP contribution in [0, 0.1) is 0 Å². The molecule has 14 heavy (non-hydrogen) atoms. The van der Waals surface area contributed by atoms with Gasteiger partial charge in [-0.25, -0.2) is 0 Å². The van der Waals surface area contributed by atoms with Crippen molar-refractivity contribution in [2.45, 2.75) is 52.0 Å². The zero-order valence-corrected chi connectivity index (χ0v) is 9.48. The van der Waals surface area contributed by atoms with Crippen LogP contribution in [0.5, 0.6) is 0 Å². The van der Waals surface area contributed by atoms with E-state index in [0.717, 1.165) is 24.5 Å². The van der Waals surface area contributed by atoms with Crippen LogP contribution in [0.2, 0.25) is 5.15 Å². The third-order valence-electron chi connectivity index (χ3n) is 2.88. The average molecular weight is 213 g/mol. The summed E-state index contributed by atoms with van der Waals surface area (Å²) < 4.78 is 1.99. The number of aromatic nitrogens is 2. The lowest BCUT2D eigenvalue weighted by Crippen LogP contribution is -2.01. The molecule has 0 bridgehead atoms. The zero-order valence-electron chi connectivity index (χ0n) is 8.72. The van der Waals surface area contributed by atoms with E-state index in [1.165, 1.54) is 36.9 Å². The Bertz CT molecular complexity index is 317. The highest BCUT2D eigenvalue weighted by Crippen LogP contribution is 2.27. The van der Waals surface area contributed by atoms with Crippen molar-refractivity contribution >= 4 is 11.6 Å². The summed E-state index contributed by atoms with van der Waals surface area (Å²) in [5.74, 6) is 0. The second-order valence-corrected chi connectivity index (χ2v) is 4.36. The second kappa shape index (κ2) is 4.35. The molecular weight excluding hydrogens is 196 g/mol. The molecule has 0 fully saturated rings. The number of hydrogen-bond acceptors (Lipinski definition) is 1. The van der Waals surface area contributed by atoms with Crippen LogP contribution in [0.3, 0.4) is 0 Å². The maximum atomic E-state index is 6.28. The number of hydrogen-bond donors (Lipinski definition) is 0. The van der Waals surface area contributed by atoms with Crippen molar-refractivity contribution in [3.8, 4) is 0 Å². The van der Waals surface area contributed by atoms with Crippen molar-refractivity contribution in [2.24, 2.45) is 0 Å². The van der Waals surface area contributed by atoms with Crippen molar-refractivity contribution in [3.05, 3.63) is 16.4 Å². The van der Waals surface area contributed by atoms with E-state index in [2.05, 4.69) is 12.0 Å². The predicted octanol–water partition coefficient (Wildman–Crippen LogP) is 3.22. The lowest BCUT2D eigenvalue weighted by molar-refractivity contribution is 0.564. The molecule has 1 aromatic rings. The van der Waals surface area contributed by atoms with Crippen molar-refractivity contribution < 1.29 is 0 Å². The van der Waals surface area contributed by atoms with E-state index in [4.69, 9.17) is 11.6 Å². The number of fused-ring (bicyclic) bond motifs is 1. The average Bonchev–Trinajstić information content (AvgIpc) is 2.54. The van der Waals surface area contributed by atoms with Gasteiger partial charge in [-0.2, -0.15) is 5.10 Å². The van der Waals surface area contributed by atoms with Crippen LogP contribution in [0.25, 0.3) is 0 Å². The Morgan fingerprint density at radius 1 is 1.36 bits per heavy atom. The van der Waals surface area contributed by atoms with Crippen LogP contribution in [0.1, 0.15) is 43.9 Å². The molecule has 0 N–H and O–H groups in total. The van der Waals surface area contributed by atoms with Gasteiger partial charge in [-0.3, -0.25) is 4.68 Å². The highest BCUT2D eigenvalue weighted by molar-refractivity contribution is 6.30.